The molecule has 1 amide bonds. The minimum Gasteiger partial charge on any atom is -0.366 e. The maximum atomic E-state index is 12.8. The Bertz CT molecular complexity index is 1480. The Morgan fingerprint density at radius 2 is 1.63 bits per heavy atom. The number of hydrogen-bond donors (Lipinski definition) is 1. The van der Waals surface area contributed by atoms with E-state index in [1.165, 1.54) is 12.3 Å². The molecular weight excluding hydrogens is 446 g/mol. The Kier molecular flexibility index (Phi) is 5.97. The number of benzene rings is 3. The first kappa shape index (κ1) is 22.3. The summed E-state index contributed by atoms with van der Waals surface area (Å²) in [6.45, 7) is 1.56. The van der Waals surface area contributed by atoms with Crippen LogP contribution in [0.3, 0.4) is 0 Å². The van der Waals surface area contributed by atoms with Crippen molar-refractivity contribution in [3.05, 3.63) is 92.6 Å². The van der Waals surface area contributed by atoms with Gasteiger partial charge in [-0.15, -0.1) is 0 Å². The molecule has 0 aliphatic carbocycles. The average Bonchev–Trinajstić information content (AvgIpc) is 3.41. The normalized spacial score (nSPS) is 13.7. The van der Waals surface area contributed by atoms with E-state index in [1.807, 2.05) is 17.0 Å². The molecule has 2 heterocycles. The van der Waals surface area contributed by atoms with Crippen LogP contribution in [0.2, 0.25) is 0 Å². The monoisotopic (exact) mass is 469 g/mol. The lowest BCUT2D eigenvalue weighted by Crippen LogP contribution is -2.25. The topological polar surface area (TPSA) is 110 Å². The third-order valence-corrected chi connectivity index (χ3v) is 6.23. The zero-order chi connectivity index (χ0) is 24.4. The van der Waals surface area contributed by atoms with Crippen molar-refractivity contribution in [2.45, 2.75) is 19.4 Å². The molecule has 0 saturated carbocycles. The molecule has 9 nitrogen and oxygen atoms in total. The van der Waals surface area contributed by atoms with Gasteiger partial charge in [-0.3, -0.25) is 19.7 Å². The number of carbonyl (C=O) groups excluding carboxylic acids is 1. The fourth-order valence-electron chi connectivity index (χ4n) is 4.60. The van der Waals surface area contributed by atoms with E-state index in [-0.39, 0.29) is 23.6 Å². The smallest absolute Gasteiger partial charge is 0.293 e. The molecule has 3 aromatic carbocycles. The molecule has 1 fully saturated rings. The molecule has 0 bridgehead atoms. The zero-order valence-electron chi connectivity index (χ0n) is 18.9. The number of hydrogen-bond acceptors (Lipinski definition) is 6. The van der Waals surface area contributed by atoms with Crippen LogP contribution in [-0.2, 0) is 11.3 Å². The Balaban J connectivity index is 1.37. The number of hydrazone groups is 1. The van der Waals surface area contributed by atoms with Crippen molar-refractivity contribution in [2.24, 2.45) is 5.10 Å². The fourth-order valence-corrected chi connectivity index (χ4v) is 4.60. The third-order valence-electron chi connectivity index (χ3n) is 6.23. The van der Waals surface area contributed by atoms with Gasteiger partial charge in [-0.25, -0.2) is 5.43 Å². The lowest BCUT2D eigenvalue weighted by atomic mass is 10.1. The van der Waals surface area contributed by atoms with Crippen molar-refractivity contribution >= 4 is 45.3 Å². The van der Waals surface area contributed by atoms with E-state index in [0.29, 0.717) is 33.1 Å². The first-order chi connectivity index (χ1) is 17.0. The molecule has 1 aliphatic rings. The number of amides is 1. The van der Waals surface area contributed by atoms with Crippen LogP contribution in [0, 0.1) is 10.1 Å². The Morgan fingerprint density at radius 1 is 1.00 bits per heavy atom. The Hall–Kier alpha value is -4.53. The fraction of sp³-hybridized carbons (Fsp3) is 0.192. The standard InChI is InChI=1S/C26H23N5O4/c32-25(17-30-21-9-3-1-7-19(21)26(33)20-8-2-4-10-22(20)30)28-27-16-18-11-12-23(24(15-18)31(34)35)29-13-5-6-14-29/h1-4,7-12,15-16H,5-6,13-14,17H2,(H,28,32)/b27-16-. The van der Waals surface area contributed by atoms with Crippen LogP contribution in [0.4, 0.5) is 11.4 Å². The average molecular weight is 470 g/mol. The number of anilines is 1. The SMILES string of the molecule is O=C(Cn1c2ccccc2c(=O)c2ccccc21)N/N=C\c1ccc(N2CCCC2)c([N+](=O)[O-])c1. The quantitative estimate of drug-likeness (QED) is 0.200. The van der Waals surface area contributed by atoms with E-state index in [1.54, 1.807) is 53.1 Å². The maximum absolute atomic E-state index is 12.8. The van der Waals surface area contributed by atoms with E-state index in [2.05, 4.69) is 10.5 Å². The summed E-state index contributed by atoms with van der Waals surface area (Å²) in [5, 5.41) is 16.7. The predicted octanol–water partition coefficient (Wildman–Crippen LogP) is 3.81. The summed E-state index contributed by atoms with van der Waals surface area (Å²) < 4.78 is 1.78. The summed E-state index contributed by atoms with van der Waals surface area (Å²) in [4.78, 5) is 38.8. The second-order valence-electron chi connectivity index (χ2n) is 8.44. The second kappa shape index (κ2) is 9.38. The summed E-state index contributed by atoms with van der Waals surface area (Å²) in [5.41, 5.74) is 4.86. The number of carbonyl (C=O) groups is 1. The van der Waals surface area contributed by atoms with Crippen LogP contribution < -0.4 is 15.8 Å². The van der Waals surface area contributed by atoms with Crippen LogP contribution in [0.5, 0.6) is 0 Å². The van der Waals surface area contributed by atoms with Gasteiger partial charge in [0.2, 0.25) is 0 Å². The number of pyridine rings is 1. The van der Waals surface area contributed by atoms with Gasteiger partial charge in [0.05, 0.1) is 22.2 Å². The number of aromatic nitrogens is 1. The first-order valence-corrected chi connectivity index (χ1v) is 11.4. The number of nitrogens with zero attached hydrogens (tertiary/aromatic N) is 4. The summed E-state index contributed by atoms with van der Waals surface area (Å²) in [6.07, 6.45) is 3.43. The predicted molar refractivity (Wildman–Crippen MR) is 136 cm³/mol. The summed E-state index contributed by atoms with van der Waals surface area (Å²) >= 11 is 0. The van der Waals surface area contributed by atoms with Gasteiger partial charge in [0.25, 0.3) is 11.6 Å². The molecule has 1 saturated heterocycles. The van der Waals surface area contributed by atoms with Crippen molar-refractivity contribution in [1.29, 1.82) is 0 Å². The van der Waals surface area contributed by atoms with Gasteiger partial charge in [-0.1, -0.05) is 30.3 Å². The molecule has 5 rings (SSSR count). The molecule has 1 aliphatic heterocycles. The molecule has 1 N–H and O–H groups in total. The summed E-state index contributed by atoms with van der Waals surface area (Å²) in [7, 11) is 0. The first-order valence-electron chi connectivity index (χ1n) is 11.4. The largest absolute Gasteiger partial charge is 0.366 e. The maximum Gasteiger partial charge on any atom is 0.293 e. The van der Waals surface area contributed by atoms with Crippen LogP contribution >= 0.6 is 0 Å². The van der Waals surface area contributed by atoms with Gasteiger partial charge < -0.3 is 9.47 Å². The van der Waals surface area contributed by atoms with E-state index in [0.717, 1.165) is 25.9 Å². The second-order valence-corrected chi connectivity index (χ2v) is 8.44. The lowest BCUT2D eigenvalue weighted by Gasteiger charge is -2.17. The van der Waals surface area contributed by atoms with Gasteiger partial charge in [-0.05, 0) is 43.2 Å². The number of fused-ring (bicyclic) bond motifs is 2. The number of nitro groups is 1. The molecule has 176 valence electrons. The van der Waals surface area contributed by atoms with E-state index < -0.39 is 4.92 Å². The van der Waals surface area contributed by atoms with Crippen molar-refractivity contribution in [1.82, 2.24) is 9.99 Å². The highest BCUT2D eigenvalue weighted by atomic mass is 16.6. The van der Waals surface area contributed by atoms with E-state index in [4.69, 9.17) is 0 Å². The van der Waals surface area contributed by atoms with Crippen LogP contribution in [0.1, 0.15) is 18.4 Å². The molecule has 4 aromatic rings. The molecule has 0 atom stereocenters. The third kappa shape index (κ3) is 4.35. The van der Waals surface area contributed by atoms with Crippen LogP contribution in [-0.4, -0.2) is 34.7 Å². The lowest BCUT2D eigenvalue weighted by molar-refractivity contribution is -0.384. The molecular formula is C26H23N5O4. The van der Waals surface area contributed by atoms with Gasteiger partial charge in [0, 0.05) is 35.5 Å². The minimum absolute atomic E-state index is 0.0216. The molecule has 0 radical (unpaired) electrons. The van der Waals surface area contributed by atoms with E-state index in [9.17, 15) is 19.7 Å². The summed E-state index contributed by atoms with van der Waals surface area (Å²) in [5.74, 6) is -0.386. The minimum atomic E-state index is -0.393. The van der Waals surface area contributed by atoms with Gasteiger partial charge in [-0.2, -0.15) is 5.10 Å². The van der Waals surface area contributed by atoms with Crippen molar-refractivity contribution in [3.8, 4) is 0 Å². The van der Waals surface area contributed by atoms with Gasteiger partial charge in [0.15, 0.2) is 5.43 Å². The Labute approximate surface area is 200 Å². The van der Waals surface area contributed by atoms with Crippen LogP contribution in [0.15, 0.2) is 76.6 Å². The molecule has 1 aromatic heterocycles. The number of nitro benzene ring substituents is 1. The van der Waals surface area contributed by atoms with Crippen molar-refractivity contribution < 1.29 is 9.72 Å². The molecule has 0 spiro atoms. The van der Waals surface area contributed by atoms with E-state index >= 15 is 0 Å². The zero-order valence-corrected chi connectivity index (χ0v) is 18.9. The highest BCUT2D eigenvalue weighted by Gasteiger charge is 2.22. The molecule has 9 heteroatoms. The molecule has 0 unspecified atom stereocenters. The highest BCUT2D eigenvalue weighted by molar-refractivity contribution is 5.95. The van der Waals surface area contributed by atoms with Gasteiger partial charge in [0.1, 0.15) is 12.2 Å². The number of rotatable bonds is 6. The van der Waals surface area contributed by atoms with Crippen molar-refractivity contribution in [2.75, 3.05) is 18.0 Å². The Morgan fingerprint density at radius 3 is 2.26 bits per heavy atom. The van der Waals surface area contributed by atoms with Crippen molar-refractivity contribution in [3.63, 3.8) is 0 Å². The van der Waals surface area contributed by atoms with Gasteiger partial charge >= 0.3 is 0 Å². The summed E-state index contributed by atoms with van der Waals surface area (Å²) in [6, 6.07) is 19.3. The number of nitrogens with one attached hydrogen (secondary N) is 1. The molecule has 35 heavy (non-hydrogen) atoms. The van der Waals surface area contributed by atoms with Crippen LogP contribution in [0.25, 0.3) is 21.8 Å². The highest BCUT2D eigenvalue weighted by Crippen LogP contribution is 2.31. The number of para-hydroxylation sites is 2.